The Bertz CT molecular complexity index is 517. The van der Waals surface area contributed by atoms with E-state index in [-0.39, 0.29) is 6.54 Å². The zero-order valence-electron chi connectivity index (χ0n) is 10.9. The Morgan fingerprint density at radius 2 is 2.15 bits per heavy atom. The van der Waals surface area contributed by atoms with Gasteiger partial charge in [0.25, 0.3) is 5.91 Å². The second kappa shape index (κ2) is 5.79. The number of fused-ring (bicyclic) bond motifs is 1. The fourth-order valence-electron chi connectivity index (χ4n) is 1.89. The molecule has 0 aliphatic carbocycles. The lowest BCUT2D eigenvalue weighted by Gasteiger charge is -2.28. The summed E-state index contributed by atoms with van der Waals surface area (Å²) in [4.78, 5) is 22.9. The largest absolute Gasteiger partial charge is 0.480 e. The first-order valence-corrected chi connectivity index (χ1v) is 6.20. The van der Waals surface area contributed by atoms with Crippen LogP contribution in [-0.2, 0) is 9.59 Å². The van der Waals surface area contributed by atoms with E-state index in [0.29, 0.717) is 5.75 Å². The number of aliphatic carboxylic acids is 1. The summed E-state index contributed by atoms with van der Waals surface area (Å²) in [6, 6.07) is 5.79. The molecule has 1 amide bonds. The van der Waals surface area contributed by atoms with Gasteiger partial charge in [0.1, 0.15) is 5.75 Å². The normalized spacial score (nSPS) is 19.8. The molecule has 1 aromatic rings. The number of rotatable bonds is 4. The van der Waals surface area contributed by atoms with Gasteiger partial charge in [-0.3, -0.25) is 4.79 Å². The van der Waals surface area contributed by atoms with Crippen LogP contribution in [0, 0.1) is 0 Å². The molecule has 2 rings (SSSR count). The maximum atomic E-state index is 12.0. The van der Waals surface area contributed by atoms with Gasteiger partial charge in [-0.05, 0) is 19.1 Å². The number of benzene rings is 1. The van der Waals surface area contributed by atoms with Gasteiger partial charge in [0.2, 0.25) is 0 Å². The van der Waals surface area contributed by atoms with Crippen molar-refractivity contribution >= 4 is 17.6 Å². The van der Waals surface area contributed by atoms with Crippen molar-refractivity contribution < 1.29 is 24.5 Å². The van der Waals surface area contributed by atoms with Gasteiger partial charge in [0.05, 0.1) is 18.3 Å². The number of carbonyl (C=O) groups is 2. The Labute approximate surface area is 115 Å². The average Bonchev–Trinajstić information content (AvgIpc) is 2.43. The van der Waals surface area contributed by atoms with E-state index in [1.807, 2.05) is 12.1 Å². The lowest BCUT2D eigenvalue weighted by atomic mass is 10.1. The van der Waals surface area contributed by atoms with Crippen LogP contribution >= 0.6 is 0 Å². The number of nitrogens with one attached hydrogen (secondary N) is 2. The van der Waals surface area contributed by atoms with E-state index in [2.05, 4.69) is 10.6 Å². The Morgan fingerprint density at radius 1 is 1.45 bits per heavy atom. The van der Waals surface area contributed by atoms with Crippen LogP contribution in [0.15, 0.2) is 24.3 Å². The minimum atomic E-state index is -1.36. The van der Waals surface area contributed by atoms with Crippen molar-refractivity contribution in [1.29, 1.82) is 0 Å². The number of ether oxygens (including phenoxy) is 1. The summed E-state index contributed by atoms with van der Waals surface area (Å²) in [6.45, 7) is 1.53. The molecular formula is C13H16N2O5. The minimum absolute atomic E-state index is 0.231. The van der Waals surface area contributed by atoms with Crippen LogP contribution in [0.4, 0.5) is 5.69 Å². The molecule has 7 nitrogen and oxygen atoms in total. The molecule has 0 fully saturated rings. The molecule has 1 aliphatic heterocycles. The highest BCUT2D eigenvalue weighted by Gasteiger charge is 2.31. The molecule has 0 aromatic heterocycles. The second-order valence-corrected chi connectivity index (χ2v) is 4.55. The summed E-state index contributed by atoms with van der Waals surface area (Å²) in [6.07, 6.45) is -2.04. The van der Waals surface area contributed by atoms with Crippen LogP contribution in [0.25, 0.3) is 0 Å². The lowest BCUT2D eigenvalue weighted by molar-refractivity contribution is -0.146. The summed E-state index contributed by atoms with van der Waals surface area (Å²) in [5.74, 6) is -1.35. The maximum absolute atomic E-state index is 12.0. The SMILES string of the molecule is CC(O)C(NC(=O)C1CNc2ccccc2O1)C(=O)O. The number of amides is 1. The minimum Gasteiger partial charge on any atom is -0.480 e. The fraction of sp³-hybridized carbons (Fsp3) is 0.385. The van der Waals surface area contributed by atoms with E-state index in [1.54, 1.807) is 12.1 Å². The molecule has 0 spiro atoms. The van der Waals surface area contributed by atoms with Crippen molar-refractivity contribution in [2.24, 2.45) is 0 Å². The van der Waals surface area contributed by atoms with E-state index in [9.17, 15) is 14.7 Å². The molecule has 1 aliphatic rings. The van der Waals surface area contributed by atoms with E-state index >= 15 is 0 Å². The quantitative estimate of drug-likeness (QED) is 0.609. The van der Waals surface area contributed by atoms with Crippen molar-refractivity contribution in [1.82, 2.24) is 5.32 Å². The highest BCUT2D eigenvalue weighted by Crippen LogP contribution is 2.28. The van der Waals surface area contributed by atoms with Gasteiger partial charge in [0.15, 0.2) is 12.1 Å². The van der Waals surface area contributed by atoms with Crippen molar-refractivity contribution in [3.63, 3.8) is 0 Å². The molecule has 4 N–H and O–H groups in total. The maximum Gasteiger partial charge on any atom is 0.328 e. The summed E-state index contributed by atoms with van der Waals surface area (Å²) in [5, 5.41) is 23.5. The molecule has 0 saturated heterocycles. The Balaban J connectivity index is 2.03. The molecule has 20 heavy (non-hydrogen) atoms. The van der Waals surface area contributed by atoms with E-state index < -0.39 is 30.1 Å². The van der Waals surface area contributed by atoms with Crippen LogP contribution in [-0.4, -0.2) is 46.9 Å². The average molecular weight is 280 g/mol. The summed E-state index contributed by atoms with van der Waals surface area (Å²) < 4.78 is 5.50. The highest BCUT2D eigenvalue weighted by molar-refractivity contribution is 5.87. The third-order valence-corrected chi connectivity index (χ3v) is 2.97. The van der Waals surface area contributed by atoms with Gasteiger partial charge in [-0.25, -0.2) is 4.79 Å². The predicted molar refractivity (Wildman–Crippen MR) is 70.6 cm³/mol. The molecule has 0 bridgehead atoms. The van der Waals surface area contributed by atoms with E-state index in [0.717, 1.165) is 5.69 Å². The van der Waals surface area contributed by atoms with E-state index in [4.69, 9.17) is 9.84 Å². The molecule has 0 saturated carbocycles. The lowest BCUT2D eigenvalue weighted by Crippen LogP contribution is -2.53. The number of carboxylic acids is 1. The van der Waals surface area contributed by atoms with Crippen LogP contribution in [0.2, 0.25) is 0 Å². The van der Waals surface area contributed by atoms with Gasteiger partial charge in [-0.1, -0.05) is 12.1 Å². The first kappa shape index (κ1) is 14.1. The Morgan fingerprint density at radius 3 is 2.80 bits per heavy atom. The molecule has 7 heteroatoms. The molecular weight excluding hydrogens is 264 g/mol. The molecule has 3 unspecified atom stereocenters. The van der Waals surface area contributed by atoms with Gasteiger partial charge in [-0.15, -0.1) is 0 Å². The monoisotopic (exact) mass is 280 g/mol. The molecule has 1 aromatic carbocycles. The zero-order chi connectivity index (χ0) is 14.7. The summed E-state index contributed by atoms with van der Waals surface area (Å²) >= 11 is 0. The van der Waals surface area contributed by atoms with Crippen LogP contribution < -0.4 is 15.4 Å². The molecule has 0 radical (unpaired) electrons. The standard InChI is InChI=1S/C13H16N2O5/c1-7(16)11(13(18)19)15-12(17)10-6-14-8-4-2-3-5-9(8)20-10/h2-5,7,10-11,14,16H,6H2,1H3,(H,15,17)(H,18,19). The van der Waals surface area contributed by atoms with Gasteiger partial charge >= 0.3 is 5.97 Å². The molecule has 1 heterocycles. The first-order valence-electron chi connectivity index (χ1n) is 6.20. The second-order valence-electron chi connectivity index (χ2n) is 4.55. The third kappa shape index (κ3) is 3.00. The fourth-order valence-corrected chi connectivity index (χ4v) is 1.89. The summed E-state index contributed by atoms with van der Waals surface area (Å²) in [5.41, 5.74) is 0.780. The highest BCUT2D eigenvalue weighted by atomic mass is 16.5. The van der Waals surface area contributed by atoms with Crippen molar-refractivity contribution in [3.8, 4) is 5.75 Å². The van der Waals surface area contributed by atoms with Gasteiger partial charge in [-0.2, -0.15) is 0 Å². The molecule has 108 valence electrons. The topological polar surface area (TPSA) is 108 Å². The number of carbonyl (C=O) groups excluding carboxylic acids is 1. The van der Waals surface area contributed by atoms with Gasteiger partial charge < -0.3 is 25.6 Å². The molecule has 3 atom stereocenters. The van der Waals surface area contributed by atoms with Crippen molar-refractivity contribution in [2.75, 3.05) is 11.9 Å². The number of carboxylic acid groups (broad SMARTS) is 1. The van der Waals surface area contributed by atoms with Crippen molar-refractivity contribution in [2.45, 2.75) is 25.2 Å². The number of para-hydroxylation sites is 2. The van der Waals surface area contributed by atoms with Gasteiger partial charge in [0, 0.05) is 0 Å². The number of hydrogen-bond donors (Lipinski definition) is 4. The Hall–Kier alpha value is -2.28. The third-order valence-electron chi connectivity index (χ3n) is 2.97. The predicted octanol–water partition coefficient (Wildman–Crippen LogP) is -0.190. The van der Waals surface area contributed by atoms with E-state index in [1.165, 1.54) is 6.92 Å². The van der Waals surface area contributed by atoms with Crippen molar-refractivity contribution in [3.05, 3.63) is 24.3 Å². The number of aliphatic hydroxyl groups is 1. The number of anilines is 1. The Kier molecular flexibility index (Phi) is 4.09. The number of aliphatic hydroxyl groups excluding tert-OH is 1. The van der Waals surface area contributed by atoms with Crippen LogP contribution in [0.5, 0.6) is 5.75 Å². The zero-order valence-corrected chi connectivity index (χ0v) is 10.9. The summed E-state index contributed by atoms with van der Waals surface area (Å²) in [7, 11) is 0. The van der Waals surface area contributed by atoms with Crippen LogP contribution in [0.3, 0.4) is 0 Å². The number of hydrogen-bond acceptors (Lipinski definition) is 5. The van der Waals surface area contributed by atoms with Crippen LogP contribution in [0.1, 0.15) is 6.92 Å². The smallest absolute Gasteiger partial charge is 0.328 e. The first-order chi connectivity index (χ1) is 9.49.